The lowest BCUT2D eigenvalue weighted by Crippen LogP contribution is -2.14. The highest BCUT2D eigenvalue weighted by molar-refractivity contribution is 7.15. The summed E-state index contributed by atoms with van der Waals surface area (Å²) in [5, 5.41) is 16.5. The van der Waals surface area contributed by atoms with Crippen molar-refractivity contribution in [2.45, 2.75) is 19.8 Å². The van der Waals surface area contributed by atoms with Crippen LogP contribution in [0.2, 0.25) is 0 Å². The summed E-state index contributed by atoms with van der Waals surface area (Å²) in [6, 6.07) is 17.5. The topological polar surface area (TPSA) is 94.8 Å². The molecule has 9 heteroatoms. The molecular weight excluding hydrogens is 400 g/mol. The van der Waals surface area contributed by atoms with Crippen LogP contribution >= 0.6 is 11.3 Å². The molecule has 0 fully saturated rings. The second-order valence-electron chi connectivity index (χ2n) is 6.54. The number of carbonyl (C=O) groups excluding carboxylic acids is 1. The molecule has 152 valence electrons. The van der Waals surface area contributed by atoms with E-state index in [0.29, 0.717) is 11.0 Å². The van der Waals surface area contributed by atoms with Crippen molar-refractivity contribution in [1.29, 1.82) is 0 Å². The Kier molecular flexibility index (Phi) is 5.80. The number of aryl methyl sites for hydroxylation is 3. The molecule has 2 heterocycles. The minimum Gasteiger partial charge on any atom is -0.497 e. The average molecular weight is 420 g/mol. The van der Waals surface area contributed by atoms with E-state index in [9.17, 15) is 4.79 Å². The quantitative estimate of drug-likeness (QED) is 0.492. The Bertz CT molecular complexity index is 1160. The Morgan fingerprint density at radius 2 is 1.93 bits per heavy atom. The van der Waals surface area contributed by atoms with Crippen molar-refractivity contribution >= 4 is 22.4 Å². The van der Waals surface area contributed by atoms with Gasteiger partial charge in [0.25, 0.3) is 5.91 Å². The number of amides is 1. The third-order valence-corrected chi connectivity index (χ3v) is 5.32. The van der Waals surface area contributed by atoms with Crippen LogP contribution in [0.25, 0.3) is 5.69 Å². The first-order chi connectivity index (χ1) is 14.6. The number of nitrogens with one attached hydrogen (secondary N) is 1. The van der Waals surface area contributed by atoms with Crippen molar-refractivity contribution in [1.82, 2.24) is 25.0 Å². The van der Waals surface area contributed by atoms with Gasteiger partial charge in [0, 0.05) is 6.42 Å². The van der Waals surface area contributed by atoms with Crippen LogP contribution in [0.4, 0.5) is 5.13 Å². The molecule has 1 amide bonds. The van der Waals surface area contributed by atoms with Gasteiger partial charge in [0.2, 0.25) is 11.0 Å². The van der Waals surface area contributed by atoms with Gasteiger partial charge in [-0.05, 0) is 43.2 Å². The van der Waals surface area contributed by atoms with Gasteiger partial charge in [0.05, 0.1) is 12.8 Å². The number of ether oxygens (including phenoxy) is 1. The largest absolute Gasteiger partial charge is 0.497 e. The Morgan fingerprint density at radius 1 is 1.10 bits per heavy atom. The van der Waals surface area contributed by atoms with Gasteiger partial charge in [-0.25, -0.2) is 9.67 Å². The van der Waals surface area contributed by atoms with Gasteiger partial charge in [-0.1, -0.05) is 41.7 Å². The second-order valence-corrected chi connectivity index (χ2v) is 7.60. The van der Waals surface area contributed by atoms with E-state index in [1.807, 2.05) is 54.6 Å². The van der Waals surface area contributed by atoms with Gasteiger partial charge < -0.3 is 4.74 Å². The van der Waals surface area contributed by atoms with Gasteiger partial charge in [0.15, 0.2) is 0 Å². The number of para-hydroxylation sites is 1. The molecule has 0 aliphatic heterocycles. The van der Waals surface area contributed by atoms with E-state index in [1.165, 1.54) is 11.3 Å². The van der Waals surface area contributed by atoms with Crippen LogP contribution in [-0.4, -0.2) is 38.0 Å². The standard InChI is InChI=1S/C21H20N6O2S/c1-14-22-19(26-27(14)16-8-4-3-5-9-16)20(28)23-21-25-24-18(30-21)12-11-15-7-6-10-17(13-15)29-2/h3-10,13H,11-12H2,1-2H3,(H,23,25,28). The molecule has 0 aliphatic carbocycles. The zero-order valence-corrected chi connectivity index (χ0v) is 17.4. The van der Waals surface area contributed by atoms with Crippen molar-refractivity contribution in [2.75, 3.05) is 12.4 Å². The summed E-state index contributed by atoms with van der Waals surface area (Å²) in [7, 11) is 1.65. The fourth-order valence-corrected chi connectivity index (χ4v) is 3.67. The van der Waals surface area contributed by atoms with Crippen molar-refractivity contribution in [3.63, 3.8) is 0 Å². The van der Waals surface area contributed by atoms with E-state index >= 15 is 0 Å². The molecule has 0 bridgehead atoms. The van der Waals surface area contributed by atoms with E-state index in [0.717, 1.165) is 34.8 Å². The number of anilines is 1. The maximum atomic E-state index is 12.5. The molecule has 1 N–H and O–H groups in total. The first-order valence-electron chi connectivity index (χ1n) is 9.38. The van der Waals surface area contributed by atoms with Crippen LogP contribution in [-0.2, 0) is 12.8 Å². The molecule has 8 nitrogen and oxygen atoms in total. The summed E-state index contributed by atoms with van der Waals surface area (Å²) in [5.41, 5.74) is 2.00. The molecule has 0 spiro atoms. The highest BCUT2D eigenvalue weighted by atomic mass is 32.1. The van der Waals surface area contributed by atoms with Gasteiger partial charge in [-0.2, -0.15) is 0 Å². The number of rotatable bonds is 7. The monoisotopic (exact) mass is 420 g/mol. The number of hydrogen-bond donors (Lipinski definition) is 1. The molecule has 0 saturated heterocycles. The molecule has 0 saturated carbocycles. The first-order valence-corrected chi connectivity index (χ1v) is 10.2. The van der Waals surface area contributed by atoms with Crippen LogP contribution in [0, 0.1) is 6.92 Å². The number of methoxy groups -OCH3 is 1. The van der Waals surface area contributed by atoms with E-state index < -0.39 is 5.91 Å². The lowest BCUT2D eigenvalue weighted by Gasteiger charge is -2.02. The Morgan fingerprint density at radius 3 is 2.73 bits per heavy atom. The predicted molar refractivity (Wildman–Crippen MR) is 114 cm³/mol. The lowest BCUT2D eigenvalue weighted by atomic mass is 10.1. The van der Waals surface area contributed by atoms with Crippen LogP contribution in [0.5, 0.6) is 5.75 Å². The van der Waals surface area contributed by atoms with E-state index in [4.69, 9.17) is 4.74 Å². The predicted octanol–water partition coefficient (Wildman–Crippen LogP) is 3.47. The third-order valence-electron chi connectivity index (χ3n) is 4.42. The number of hydrogen-bond acceptors (Lipinski definition) is 7. The van der Waals surface area contributed by atoms with Crippen molar-refractivity contribution in [2.24, 2.45) is 0 Å². The van der Waals surface area contributed by atoms with Crippen LogP contribution in [0.15, 0.2) is 54.6 Å². The molecule has 0 radical (unpaired) electrons. The summed E-state index contributed by atoms with van der Waals surface area (Å²) in [5.74, 6) is 1.13. The summed E-state index contributed by atoms with van der Waals surface area (Å²) >= 11 is 1.34. The normalized spacial score (nSPS) is 10.7. The summed E-state index contributed by atoms with van der Waals surface area (Å²) in [6.45, 7) is 1.80. The van der Waals surface area contributed by atoms with Crippen molar-refractivity contribution in [3.8, 4) is 11.4 Å². The zero-order valence-electron chi connectivity index (χ0n) is 16.6. The molecule has 0 unspecified atom stereocenters. The number of benzene rings is 2. The molecule has 4 rings (SSSR count). The Hall–Kier alpha value is -3.59. The molecule has 30 heavy (non-hydrogen) atoms. The van der Waals surface area contributed by atoms with Gasteiger partial charge in [-0.15, -0.1) is 15.3 Å². The molecule has 2 aromatic carbocycles. The smallest absolute Gasteiger partial charge is 0.297 e. The zero-order chi connectivity index (χ0) is 20.9. The molecule has 2 aromatic heterocycles. The van der Waals surface area contributed by atoms with Crippen molar-refractivity contribution < 1.29 is 9.53 Å². The van der Waals surface area contributed by atoms with Crippen LogP contribution in [0.3, 0.4) is 0 Å². The minimum absolute atomic E-state index is 0.0875. The first kappa shape index (κ1) is 19.7. The number of carbonyl (C=O) groups is 1. The van der Waals surface area contributed by atoms with Gasteiger partial charge >= 0.3 is 0 Å². The SMILES string of the molecule is COc1cccc(CCc2nnc(NC(=O)c3nc(C)n(-c4ccccc4)n3)s2)c1. The van der Waals surface area contributed by atoms with Crippen LogP contribution in [0.1, 0.15) is 27.0 Å². The number of nitrogens with zero attached hydrogens (tertiary/aromatic N) is 5. The fraction of sp³-hybridized carbons (Fsp3) is 0.190. The third kappa shape index (κ3) is 4.52. The minimum atomic E-state index is -0.414. The lowest BCUT2D eigenvalue weighted by molar-refractivity contribution is 0.101. The summed E-state index contributed by atoms with van der Waals surface area (Å²) in [4.78, 5) is 16.8. The maximum absolute atomic E-state index is 12.5. The highest BCUT2D eigenvalue weighted by Crippen LogP contribution is 2.19. The average Bonchev–Trinajstić information content (AvgIpc) is 3.39. The molecule has 0 aliphatic rings. The van der Waals surface area contributed by atoms with Gasteiger partial charge in [0.1, 0.15) is 16.6 Å². The number of aromatic nitrogens is 5. The molecule has 0 atom stereocenters. The summed E-state index contributed by atoms with van der Waals surface area (Å²) < 4.78 is 6.88. The van der Waals surface area contributed by atoms with Crippen molar-refractivity contribution in [3.05, 3.63) is 76.8 Å². The highest BCUT2D eigenvalue weighted by Gasteiger charge is 2.17. The Labute approximate surface area is 177 Å². The van der Waals surface area contributed by atoms with Crippen LogP contribution < -0.4 is 10.1 Å². The van der Waals surface area contributed by atoms with E-state index in [2.05, 4.69) is 25.6 Å². The summed E-state index contributed by atoms with van der Waals surface area (Å²) in [6.07, 6.45) is 1.53. The fourth-order valence-electron chi connectivity index (χ4n) is 2.94. The molecule has 4 aromatic rings. The Balaban J connectivity index is 1.39. The van der Waals surface area contributed by atoms with Gasteiger partial charge in [-0.3, -0.25) is 10.1 Å². The maximum Gasteiger partial charge on any atom is 0.297 e. The van der Waals surface area contributed by atoms with E-state index in [-0.39, 0.29) is 5.82 Å². The second kappa shape index (κ2) is 8.83. The van der Waals surface area contributed by atoms with E-state index in [1.54, 1.807) is 18.7 Å². The molecular formula is C21H20N6O2S.